The molecule has 1 nitrogen and oxygen atoms in total. The second kappa shape index (κ2) is 6.47. The summed E-state index contributed by atoms with van der Waals surface area (Å²) >= 11 is 0. The summed E-state index contributed by atoms with van der Waals surface area (Å²) < 4.78 is 0. The van der Waals surface area contributed by atoms with E-state index in [2.05, 4.69) is 19.1 Å². The Labute approximate surface area is 87.3 Å². The Morgan fingerprint density at radius 1 is 1.07 bits per heavy atom. The first kappa shape index (κ1) is 11.1. The van der Waals surface area contributed by atoms with Gasteiger partial charge in [-0.25, -0.2) is 0 Å². The maximum absolute atomic E-state index is 5.71. The summed E-state index contributed by atoms with van der Waals surface area (Å²) in [6.07, 6.45) is 7.88. The van der Waals surface area contributed by atoms with E-state index in [0.717, 1.165) is 5.69 Å². The SMILES string of the molecule is CCCCCCCc1cccc(N)c1. The van der Waals surface area contributed by atoms with Crippen LogP contribution in [-0.4, -0.2) is 0 Å². The average molecular weight is 191 g/mol. The van der Waals surface area contributed by atoms with E-state index in [1.807, 2.05) is 12.1 Å². The van der Waals surface area contributed by atoms with Crippen molar-refractivity contribution >= 4 is 5.69 Å². The lowest BCUT2D eigenvalue weighted by atomic mass is 10.1. The van der Waals surface area contributed by atoms with Gasteiger partial charge in [0.2, 0.25) is 0 Å². The van der Waals surface area contributed by atoms with Crippen molar-refractivity contribution in [3.05, 3.63) is 29.8 Å². The Morgan fingerprint density at radius 2 is 1.86 bits per heavy atom. The molecule has 1 heteroatoms. The monoisotopic (exact) mass is 191 g/mol. The molecular formula is C13H21N. The number of unbranched alkanes of at least 4 members (excludes halogenated alkanes) is 4. The number of benzene rings is 1. The van der Waals surface area contributed by atoms with Gasteiger partial charge in [0, 0.05) is 5.69 Å². The fourth-order valence-electron chi connectivity index (χ4n) is 1.68. The molecule has 0 atom stereocenters. The standard InChI is InChI=1S/C13H21N/c1-2-3-4-5-6-8-12-9-7-10-13(14)11-12/h7,9-11H,2-6,8,14H2,1H3. The number of aryl methyl sites for hydroxylation is 1. The van der Waals surface area contributed by atoms with E-state index in [1.54, 1.807) is 0 Å². The minimum absolute atomic E-state index is 0.885. The molecule has 0 saturated carbocycles. The van der Waals surface area contributed by atoms with Gasteiger partial charge in [-0.1, -0.05) is 44.7 Å². The van der Waals surface area contributed by atoms with Gasteiger partial charge in [-0.2, -0.15) is 0 Å². The van der Waals surface area contributed by atoms with Gasteiger partial charge < -0.3 is 5.73 Å². The molecule has 0 aromatic heterocycles. The highest BCUT2D eigenvalue weighted by Gasteiger charge is 1.94. The van der Waals surface area contributed by atoms with E-state index in [4.69, 9.17) is 5.73 Å². The molecule has 0 fully saturated rings. The van der Waals surface area contributed by atoms with E-state index >= 15 is 0 Å². The first-order valence-electron chi connectivity index (χ1n) is 5.67. The highest BCUT2D eigenvalue weighted by atomic mass is 14.5. The quantitative estimate of drug-likeness (QED) is 0.537. The normalized spacial score (nSPS) is 10.4. The highest BCUT2D eigenvalue weighted by molar-refractivity contribution is 5.40. The molecule has 1 aromatic rings. The topological polar surface area (TPSA) is 26.0 Å². The van der Waals surface area contributed by atoms with E-state index in [0.29, 0.717) is 0 Å². The third-order valence-corrected chi connectivity index (χ3v) is 2.52. The molecule has 0 bridgehead atoms. The van der Waals surface area contributed by atoms with Crippen LogP contribution in [0, 0.1) is 0 Å². The molecule has 1 aromatic carbocycles. The molecule has 2 N–H and O–H groups in total. The minimum Gasteiger partial charge on any atom is -0.399 e. The lowest BCUT2D eigenvalue weighted by Crippen LogP contribution is -1.89. The molecule has 0 unspecified atom stereocenters. The molecule has 0 aliphatic carbocycles. The predicted molar refractivity (Wildman–Crippen MR) is 63.3 cm³/mol. The first-order valence-corrected chi connectivity index (χ1v) is 5.67. The van der Waals surface area contributed by atoms with E-state index < -0.39 is 0 Å². The number of anilines is 1. The molecule has 78 valence electrons. The van der Waals surface area contributed by atoms with Gasteiger partial charge in [0.25, 0.3) is 0 Å². The predicted octanol–water partition coefficient (Wildman–Crippen LogP) is 3.78. The molecule has 14 heavy (non-hydrogen) atoms. The summed E-state index contributed by atoms with van der Waals surface area (Å²) in [5, 5.41) is 0. The smallest absolute Gasteiger partial charge is 0.0316 e. The van der Waals surface area contributed by atoms with Crippen molar-refractivity contribution in [3.8, 4) is 0 Å². The van der Waals surface area contributed by atoms with Gasteiger partial charge in [-0.3, -0.25) is 0 Å². The summed E-state index contributed by atoms with van der Waals surface area (Å²) in [7, 11) is 0. The first-order chi connectivity index (χ1) is 6.83. The van der Waals surface area contributed by atoms with Crippen LogP contribution in [-0.2, 0) is 6.42 Å². The van der Waals surface area contributed by atoms with Crippen molar-refractivity contribution in [3.63, 3.8) is 0 Å². The van der Waals surface area contributed by atoms with Crippen LogP contribution in [0.1, 0.15) is 44.6 Å². The molecular weight excluding hydrogens is 170 g/mol. The van der Waals surface area contributed by atoms with Crippen molar-refractivity contribution < 1.29 is 0 Å². The summed E-state index contributed by atoms with van der Waals surface area (Å²) in [6, 6.07) is 8.23. The van der Waals surface area contributed by atoms with Crippen molar-refractivity contribution in [2.75, 3.05) is 5.73 Å². The number of nitrogens with two attached hydrogens (primary N) is 1. The zero-order valence-electron chi connectivity index (χ0n) is 9.13. The van der Waals surface area contributed by atoms with Gasteiger partial charge in [0.1, 0.15) is 0 Å². The van der Waals surface area contributed by atoms with Crippen LogP contribution in [0.15, 0.2) is 24.3 Å². The van der Waals surface area contributed by atoms with Gasteiger partial charge in [0.05, 0.1) is 0 Å². The molecule has 0 heterocycles. The summed E-state index contributed by atoms with van der Waals surface area (Å²) in [5.74, 6) is 0. The van der Waals surface area contributed by atoms with Crippen LogP contribution < -0.4 is 5.73 Å². The number of hydrogen-bond acceptors (Lipinski definition) is 1. The fourth-order valence-corrected chi connectivity index (χ4v) is 1.68. The van der Waals surface area contributed by atoms with Crippen LogP contribution in [0.25, 0.3) is 0 Å². The average Bonchev–Trinajstić information content (AvgIpc) is 2.18. The van der Waals surface area contributed by atoms with Gasteiger partial charge in [-0.05, 0) is 30.5 Å². The van der Waals surface area contributed by atoms with Crippen LogP contribution >= 0.6 is 0 Å². The number of nitrogen functional groups attached to an aromatic ring is 1. The van der Waals surface area contributed by atoms with Gasteiger partial charge >= 0.3 is 0 Å². The van der Waals surface area contributed by atoms with Crippen molar-refractivity contribution in [1.29, 1.82) is 0 Å². The highest BCUT2D eigenvalue weighted by Crippen LogP contribution is 2.11. The molecule has 0 aliphatic rings. The molecule has 0 radical (unpaired) electrons. The van der Waals surface area contributed by atoms with Crippen LogP contribution in [0.4, 0.5) is 5.69 Å². The maximum atomic E-state index is 5.71. The number of rotatable bonds is 6. The fraction of sp³-hybridized carbons (Fsp3) is 0.538. The molecule has 0 spiro atoms. The minimum atomic E-state index is 0.885. The molecule has 0 amide bonds. The Bertz CT molecular complexity index is 255. The van der Waals surface area contributed by atoms with E-state index in [9.17, 15) is 0 Å². The number of hydrogen-bond donors (Lipinski definition) is 1. The summed E-state index contributed by atoms with van der Waals surface area (Å²) in [6.45, 7) is 2.25. The maximum Gasteiger partial charge on any atom is 0.0316 e. The van der Waals surface area contributed by atoms with E-state index in [-0.39, 0.29) is 0 Å². The van der Waals surface area contributed by atoms with Crippen LogP contribution in [0.2, 0.25) is 0 Å². The van der Waals surface area contributed by atoms with Gasteiger partial charge in [-0.15, -0.1) is 0 Å². The van der Waals surface area contributed by atoms with Crippen LogP contribution in [0.5, 0.6) is 0 Å². The van der Waals surface area contributed by atoms with Crippen molar-refractivity contribution in [2.24, 2.45) is 0 Å². The largest absolute Gasteiger partial charge is 0.399 e. The Kier molecular flexibility index (Phi) is 5.13. The third-order valence-electron chi connectivity index (χ3n) is 2.52. The second-order valence-electron chi connectivity index (χ2n) is 3.91. The van der Waals surface area contributed by atoms with Crippen LogP contribution in [0.3, 0.4) is 0 Å². The molecule has 0 aliphatic heterocycles. The Hall–Kier alpha value is -0.980. The Morgan fingerprint density at radius 3 is 2.57 bits per heavy atom. The summed E-state index contributed by atoms with van der Waals surface area (Å²) in [4.78, 5) is 0. The third kappa shape index (κ3) is 4.31. The van der Waals surface area contributed by atoms with E-state index in [1.165, 1.54) is 44.1 Å². The zero-order valence-corrected chi connectivity index (χ0v) is 9.13. The molecule has 1 rings (SSSR count). The Balaban J connectivity index is 2.18. The lowest BCUT2D eigenvalue weighted by Gasteiger charge is -2.02. The lowest BCUT2D eigenvalue weighted by molar-refractivity contribution is 0.632. The van der Waals surface area contributed by atoms with Gasteiger partial charge in [0.15, 0.2) is 0 Å². The van der Waals surface area contributed by atoms with Crippen molar-refractivity contribution in [1.82, 2.24) is 0 Å². The van der Waals surface area contributed by atoms with Crippen molar-refractivity contribution in [2.45, 2.75) is 45.4 Å². The second-order valence-corrected chi connectivity index (χ2v) is 3.91. The molecule has 0 saturated heterocycles. The summed E-state index contributed by atoms with van der Waals surface area (Å²) in [5.41, 5.74) is 7.97. The zero-order chi connectivity index (χ0) is 10.2.